The Morgan fingerprint density at radius 1 is 1.00 bits per heavy atom. The molecule has 0 saturated carbocycles. The number of hydrogen-bond donors (Lipinski definition) is 1. The van der Waals surface area contributed by atoms with Gasteiger partial charge in [-0.25, -0.2) is 0 Å². The van der Waals surface area contributed by atoms with Gasteiger partial charge in [-0.2, -0.15) is 5.75 Å². The maximum absolute atomic E-state index is 11.1. The van der Waals surface area contributed by atoms with Gasteiger partial charge in [0.1, 0.15) is 0 Å². The fourth-order valence-corrected chi connectivity index (χ4v) is 5.68. The van der Waals surface area contributed by atoms with Gasteiger partial charge in [0.2, 0.25) is 0 Å². The zero-order chi connectivity index (χ0) is 18.3. The molecule has 0 aromatic heterocycles. The number of hydrogen-bond acceptors (Lipinski definition) is 4. The van der Waals surface area contributed by atoms with E-state index in [0.717, 1.165) is 11.8 Å². The SMILES string of the molecule is Br.CC(C)CC(N)C([O-])=NCC[S-].CC(C)C[CH2][Ge][CH2]CC(C)C. The summed E-state index contributed by atoms with van der Waals surface area (Å²) in [5.41, 5.74) is 5.58. The minimum absolute atomic E-state index is 0. The molecule has 0 bridgehead atoms. The molecule has 0 heterocycles. The van der Waals surface area contributed by atoms with Gasteiger partial charge in [-0.15, -0.1) is 17.0 Å². The summed E-state index contributed by atoms with van der Waals surface area (Å²) < 4.78 is 0. The van der Waals surface area contributed by atoms with E-state index in [1.807, 2.05) is 13.8 Å². The maximum atomic E-state index is 11.1. The molecule has 0 aliphatic heterocycles. The molecule has 3 nitrogen and oxygen atoms in total. The second-order valence-electron chi connectivity index (χ2n) is 7.28. The summed E-state index contributed by atoms with van der Waals surface area (Å²) in [6.45, 7) is 13.8. The first-order valence-electron chi connectivity index (χ1n) is 8.96. The van der Waals surface area contributed by atoms with Gasteiger partial charge in [0.15, 0.2) is 0 Å². The summed E-state index contributed by atoms with van der Waals surface area (Å²) >= 11 is 5.10. The van der Waals surface area contributed by atoms with Gasteiger partial charge in [0, 0.05) is 12.6 Å². The molecule has 0 spiro atoms. The topological polar surface area (TPSA) is 61.4 Å². The van der Waals surface area contributed by atoms with Crippen LogP contribution in [0, 0.1) is 17.8 Å². The molecule has 0 amide bonds. The van der Waals surface area contributed by atoms with Gasteiger partial charge >= 0.3 is 78.3 Å². The molecule has 2 N–H and O–H groups in total. The van der Waals surface area contributed by atoms with Crippen LogP contribution in [0.2, 0.25) is 10.5 Å². The second kappa shape index (κ2) is 20.1. The molecule has 0 rings (SSSR count). The Kier molecular flexibility index (Phi) is 24.8. The first-order valence-corrected chi connectivity index (χ1v) is 12.5. The number of rotatable bonds is 11. The van der Waals surface area contributed by atoms with Crippen LogP contribution in [-0.2, 0) is 12.6 Å². The third-order valence-corrected chi connectivity index (χ3v) is 6.08. The number of aliphatic imine (C=N–C) groups is 1. The molecular weight excluding hydrogens is 445 g/mol. The third kappa shape index (κ3) is 25.0. The first-order chi connectivity index (χ1) is 10.7. The summed E-state index contributed by atoms with van der Waals surface area (Å²) in [6, 6.07) is -0.438. The molecule has 1 atom stereocenters. The second-order valence-corrected chi connectivity index (χ2v) is 10.8. The molecule has 0 aliphatic rings. The molecule has 2 radical (unpaired) electrons. The number of halogens is 1. The van der Waals surface area contributed by atoms with Gasteiger partial charge in [0.25, 0.3) is 0 Å². The van der Waals surface area contributed by atoms with Crippen molar-refractivity contribution < 1.29 is 5.11 Å². The van der Waals surface area contributed by atoms with Crippen LogP contribution in [0.15, 0.2) is 4.99 Å². The van der Waals surface area contributed by atoms with E-state index >= 15 is 0 Å². The average Bonchev–Trinajstić information content (AvgIpc) is 2.43. The van der Waals surface area contributed by atoms with E-state index in [1.165, 1.54) is 12.8 Å². The van der Waals surface area contributed by atoms with Gasteiger partial charge in [-0.1, -0.05) is 13.8 Å². The molecule has 146 valence electrons. The number of nitrogens with two attached hydrogens (primary N) is 1. The van der Waals surface area contributed by atoms with Crippen LogP contribution in [-0.4, -0.2) is 39.7 Å². The monoisotopic (exact) mass is 484 g/mol. The molecule has 6 heteroatoms. The summed E-state index contributed by atoms with van der Waals surface area (Å²) in [5.74, 6) is 2.56. The molecule has 0 aliphatic carbocycles. The van der Waals surface area contributed by atoms with E-state index in [4.69, 9.17) is 5.73 Å². The predicted octanol–water partition coefficient (Wildman–Crippen LogP) is 3.86. The van der Waals surface area contributed by atoms with Crippen molar-refractivity contribution in [3.05, 3.63) is 0 Å². The van der Waals surface area contributed by atoms with E-state index in [2.05, 4.69) is 45.3 Å². The standard InChI is InChI=1S/C10H22Ge.C8H18N2OS.BrH/c1-9(2)5-7-11-8-6-10(3)4;1-6(2)5-7(9)8(11)10-3-4-12;/h9-10H,5-8H2,1-4H3;6-7,12H,3-5,9H2,1-2H3,(H,10,11);1H/p-2. The molecule has 24 heavy (non-hydrogen) atoms. The van der Waals surface area contributed by atoms with Crippen molar-refractivity contribution in [3.63, 3.8) is 0 Å². The zero-order valence-corrected chi connectivity index (χ0v) is 21.1. The Morgan fingerprint density at radius 3 is 1.79 bits per heavy atom. The Hall–Kier alpha value is 0.803. The normalized spacial score (nSPS) is 12.9. The van der Waals surface area contributed by atoms with Crippen LogP contribution in [0.25, 0.3) is 0 Å². The summed E-state index contributed by atoms with van der Waals surface area (Å²) in [5, 5.41) is 14.2. The molecular formula is C18H39BrGeN2OS-2. The minimum atomic E-state index is -0.438. The summed E-state index contributed by atoms with van der Waals surface area (Å²) in [6.07, 6.45) is 3.63. The first kappa shape index (κ1) is 29.6. The van der Waals surface area contributed by atoms with Crippen LogP contribution in [0.1, 0.15) is 60.8 Å². The fourth-order valence-electron chi connectivity index (χ4n) is 1.79. The predicted molar refractivity (Wildman–Crippen MR) is 117 cm³/mol. The molecule has 0 aromatic carbocycles. The summed E-state index contributed by atoms with van der Waals surface area (Å²) in [7, 11) is 0. The summed E-state index contributed by atoms with van der Waals surface area (Å²) in [4.78, 5) is 3.73. The van der Waals surface area contributed by atoms with E-state index in [1.54, 1.807) is 10.5 Å². The van der Waals surface area contributed by atoms with Crippen LogP contribution in [0.4, 0.5) is 0 Å². The van der Waals surface area contributed by atoms with Crippen LogP contribution < -0.4 is 10.8 Å². The van der Waals surface area contributed by atoms with Gasteiger partial charge in [-0.3, -0.25) is 0 Å². The van der Waals surface area contributed by atoms with Crippen molar-refractivity contribution in [2.75, 3.05) is 12.3 Å². The van der Waals surface area contributed by atoms with Crippen molar-refractivity contribution in [1.82, 2.24) is 0 Å². The fraction of sp³-hybridized carbons (Fsp3) is 0.944. The number of nitrogens with zero attached hydrogens (tertiary/aromatic N) is 1. The van der Waals surface area contributed by atoms with E-state index < -0.39 is 6.04 Å². The van der Waals surface area contributed by atoms with Gasteiger partial charge < -0.3 is 28.5 Å². The van der Waals surface area contributed by atoms with E-state index in [9.17, 15) is 5.11 Å². The molecule has 0 saturated heterocycles. The Balaban J connectivity index is -0.000000354. The zero-order valence-electron chi connectivity index (χ0n) is 16.5. The van der Waals surface area contributed by atoms with E-state index in [0.29, 0.717) is 40.1 Å². The van der Waals surface area contributed by atoms with Gasteiger partial charge in [0.05, 0.1) is 0 Å². The van der Waals surface area contributed by atoms with Gasteiger partial charge in [-0.05, 0) is 18.2 Å². The Labute approximate surface area is 173 Å². The van der Waals surface area contributed by atoms with Crippen molar-refractivity contribution in [1.29, 1.82) is 0 Å². The van der Waals surface area contributed by atoms with Crippen LogP contribution in [0.5, 0.6) is 0 Å². The van der Waals surface area contributed by atoms with Crippen LogP contribution >= 0.6 is 17.0 Å². The average molecular weight is 484 g/mol. The van der Waals surface area contributed by atoms with Crippen molar-refractivity contribution in [3.8, 4) is 0 Å². The van der Waals surface area contributed by atoms with Crippen molar-refractivity contribution >= 4 is 50.9 Å². The quantitative estimate of drug-likeness (QED) is 0.159. The van der Waals surface area contributed by atoms with Crippen molar-refractivity contribution in [2.45, 2.75) is 77.4 Å². The van der Waals surface area contributed by atoms with Crippen molar-refractivity contribution in [2.24, 2.45) is 28.5 Å². The molecule has 1 unspecified atom stereocenters. The van der Waals surface area contributed by atoms with Crippen LogP contribution in [0.3, 0.4) is 0 Å². The Bertz CT molecular complexity index is 280. The third-order valence-electron chi connectivity index (χ3n) is 3.20. The molecule has 0 fully saturated rings. The molecule has 0 aromatic rings. The Morgan fingerprint density at radius 2 is 1.46 bits per heavy atom. The van der Waals surface area contributed by atoms with E-state index in [-0.39, 0.29) is 22.9 Å².